The lowest BCUT2D eigenvalue weighted by Gasteiger charge is -1.88. The van der Waals surface area contributed by atoms with Crippen molar-refractivity contribution in [3.63, 3.8) is 0 Å². The molecule has 0 aliphatic rings. The first-order valence-electron chi connectivity index (χ1n) is 5.18. The Labute approximate surface area is 148 Å². The minimum atomic E-state index is -0.879. The molecule has 2 N–H and O–H groups in total. The summed E-state index contributed by atoms with van der Waals surface area (Å²) >= 11 is 0. The molecular formula is C20H36O4. The minimum absolute atomic E-state index is 0. The first-order chi connectivity index (χ1) is 8.61. The Kier molecular flexibility index (Phi) is 31.9. The summed E-state index contributed by atoms with van der Waals surface area (Å²) in [6.45, 7) is 0. The number of benzene rings is 2. The van der Waals surface area contributed by atoms with Gasteiger partial charge in [0.05, 0.1) is 11.1 Å². The topological polar surface area (TPSA) is 74.6 Å². The molecule has 0 amide bonds. The van der Waals surface area contributed by atoms with Crippen molar-refractivity contribution in [2.24, 2.45) is 0 Å². The van der Waals surface area contributed by atoms with Gasteiger partial charge in [-0.05, 0) is 24.3 Å². The second-order valence-electron chi connectivity index (χ2n) is 3.34. The van der Waals surface area contributed by atoms with Gasteiger partial charge >= 0.3 is 11.9 Å². The third-order valence-electron chi connectivity index (χ3n) is 2.04. The molecular weight excluding hydrogens is 304 g/mol. The van der Waals surface area contributed by atoms with Crippen LogP contribution in [-0.2, 0) is 0 Å². The molecule has 2 rings (SSSR count). The van der Waals surface area contributed by atoms with E-state index in [0.717, 1.165) is 0 Å². The highest BCUT2D eigenvalue weighted by Crippen LogP contribution is 1.96. The zero-order valence-electron chi connectivity index (χ0n) is 9.48. The molecule has 0 bridgehead atoms. The largest absolute Gasteiger partial charge is 0.478 e. The zero-order valence-corrected chi connectivity index (χ0v) is 9.48. The summed E-state index contributed by atoms with van der Waals surface area (Å²) < 4.78 is 0. The van der Waals surface area contributed by atoms with Crippen molar-refractivity contribution in [1.29, 1.82) is 0 Å². The van der Waals surface area contributed by atoms with Gasteiger partial charge < -0.3 is 10.2 Å². The molecule has 0 fully saturated rings. The van der Waals surface area contributed by atoms with Crippen LogP contribution in [0.5, 0.6) is 0 Å². The third-order valence-corrected chi connectivity index (χ3v) is 2.04. The second-order valence-corrected chi connectivity index (χ2v) is 3.34. The summed E-state index contributed by atoms with van der Waals surface area (Å²) in [6, 6.07) is 16.6. The Morgan fingerprint density at radius 1 is 0.500 bits per heavy atom. The van der Waals surface area contributed by atoms with Gasteiger partial charge in [0.15, 0.2) is 0 Å². The van der Waals surface area contributed by atoms with E-state index in [1.807, 2.05) is 0 Å². The van der Waals surface area contributed by atoms with E-state index < -0.39 is 11.9 Å². The lowest BCUT2D eigenvalue weighted by molar-refractivity contribution is 0.0686. The fraction of sp³-hybridized carbons (Fsp3) is 0.300. The molecule has 0 saturated carbocycles. The Morgan fingerprint density at radius 3 is 0.833 bits per heavy atom. The van der Waals surface area contributed by atoms with Gasteiger partial charge in [-0.3, -0.25) is 0 Å². The van der Waals surface area contributed by atoms with E-state index in [1.54, 1.807) is 60.7 Å². The first-order valence-corrected chi connectivity index (χ1v) is 5.18. The second kappa shape index (κ2) is 20.4. The van der Waals surface area contributed by atoms with E-state index in [9.17, 15) is 9.59 Å². The summed E-state index contributed by atoms with van der Waals surface area (Å²) in [5.41, 5.74) is 0.662. The number of carboxylic acid groups (broad SMARTS) is 2. The highest BCUT2D eigenvalue weighted by molar-refractivity contribution is 5.87. The van der Waals surface area contributed by atoms with E-state index in [1.165, 1.54) is 0 Å². The van der Waals surface area contributed by atoms with Crippen molar-refractivity contribution in [3.8, 4) is 0 Å². The highest BCUT2D eigenvalue weighted by atomic mass is 16.4. The van der Waals surface area contributed by atoms with Crippen molar-refractivity contribution < 1.29 is 19.8 Å². The fourth-order valence-corrected chi connectivity index (χ4v) is 1.16. The van der Waals surface area contributed by atoms with Gasteiger partial charge in [-0.2, -0.15) is 0 Å². The van der Waals surface area contributed by atoms with Crippen molar-refractivity contribution in [1.82, 2.24) is 0 Å². The van der Waals surface area contributed by atoms with Crippen LogP contribution in [0.1, 0.15) is 65.3 Å². The number of hydrogen-bond acceptors (Lipinski definition) is 2. The van der Waals surface area contributed by atoms with E-state index >= 15 is 0 Å². The maximum Gasteiger partial charge on any atom is 0.335 e. The molecule has 4 nitrogen and oxygen atoms in total. The Morgan fingerprint density at radius 2 is 0.708 bits per heavy atom. The maximum absolute atomic E-state index is 10.2. The van der Waals surface area contributed by atoms with Crippen LogP contribution < -0.4 is 0 Å². The molecule has 0 spiro atoms. The van der Waals surface area contributed by atoms with Crippen LogP contribution in [0.4, 0.5) is 0 Å². The molecule has 24 heavy (non-hydrogen) atoms. The van der Waals surface area contributed by atoms with Crippen molar-refractivity contribution in [2.45, 2.75) is 44.6 Å². The first kappa shape index (κ1) is 37.5. The Hall–Kier alpha value is -2.62. The van der Waals surface area contributed by atoms with Gasteiger partial charge in [0, 0.05) is 0 Å². The number of carboxylic acids is 2. The molecule has 0 aliphatic carbocycles. The van der Waals surface area contributed by atoms with Crippen LogP contribution in [0.2, 0.25) is 0 Å². The monoisotopic (exact) mass is 340 g/mol. The van der Waals surface area contributed by atoms with E-state index in [4.69, 9.17) is 10.2 Å². The van der Waals surface area contributed by atoms with Crippen LogP contribution in [0, 0.1) is 0 Å². The highest BCUT2D eigenvalue weighted by Gasteiger charge is 1.97. The summed E-state index contributed by atoms with van der Waals surface area (Å²) in [4.78, 5) is 20.4. The third kappa shape index (κ3) is 14.3. The Bertz CT molecular complexity index is 458. The van der Waals surface area contributed by atoms with Gasteiger partial charge in [-0.15, -0.1) is 0 Å². The van der Waals surface area contributed by atoms with Gasteiger partial charge in [-0.25, -0.2) is 9.59 Å². The lowest BCUT2D eigenvalue weighted by atomic mass is 10.2. The number of carbonyl (C=O) groups is 2. The van der Waals surface area contributed by atoms with Crippen LogP contribution in [0.25, 0.3) is 0 Å². The summed E-state index contributed by atoms with van der Waals surface area (Å²) in [7, 11) is 0. The minimum Gasteiger partial charge on any atom is -0.478 e. The van der Waals surface area contributed by atoms with Gasteiger partial charge in [0.2, 0.25) is 0 Å². The molecule has 4 heteroatoms. The van der Waals surface area contributed by atoms with Crippen molar-refractivity contribution in [3.05, 3.63) is 71.8 Å². The van der Waals surface area contributed by atoms with E-state index in [-0.39, 0.29) is 44.6 Å². The van der Waals surface area contributed by atoms with Crippen LogP contribution >= 0.6 is 0 Å². The maximum atomic E-state index is 10.2. The molecule has 140 valence electrons. The fourth-order valence-electron chi connectivity index (χ4n) is 1.16. The molecule has 0 aromatic heterocycles. The van der Waals surface area contributed by atoms with Gasteiger partial charge in [-0.1, -0.05) is 81.0 Å². The quantitative estimate of drug-likeness (QED) is 0.647. The Balaban J connectivity index is -0.0000000540. The molecule has 0 saturated heterocycles. The predicted octanol–water partition coefficient (Wildman–Crippen LogP) is 6.59. The molecule has 2 aromatic carbocycles. The molecule has 0 heterocycles. The number of aromatic carboxylic acids is 2. The zero-order chi connectivity index (χ0) is 13.4. The van der Waals surface area contributed by atoms with Crippen molar-refractivity contribution >= 4 is 11.9 Å². The lowest BCUT2D eigenvalue weighted by Crippen LogP contribution is -1.93. The molecule has 0 aliphatic heterocycles. The normalized spacial score (nSPS) is 6.67. The van der Waals surface area contributed by atoms with Crippen LogP contribution in [0.15, 0.2) is 60.7 Å². The van der Waals surface area contributed by atoms with Crippen molar-refractivity contribution in [2.75, 3.05) is 0 Å². The molecule has 2 aromatic rings. The van der Waals surface area contributed by atoms with Crippen LogP contribution in [-0.4, -0.2) is 22.2 Å². The average molecular weight is 341 g/mol. The summed E-state index contributed by atoms with van der Waals surface area (Å²) in [5.74, 6) is -1.76. The predicted molar refractivity (Wildman–Crippen MR) is 107 cm³/mol. The van der Waals surface area contributed by atoms with Crippen LogP contribution in [0.3, 0.4) is 0 Å². The summed E-state index contributed by atoms with van der Waals surface area (Å²) in [5, 5.41) is 16.8. The number of hydrogen-bond donors (Lipinski definition) is 2. The summed E-state index contributed by atoms with van der Waals surface area (Å²) in [6.07, 6.45) is 0. The van der Waals surface area contributed by atoms with Gasteiger partial charge in [0.25, 0.3) is 0 Å². The standard InChI is InChI=1S/2C7H6O2.6CH4/c2*8-7(9)6-4-2-1-3-5-6;;;;;;/h2*1-5H,(H,8,9);6*1H4. The van der Waals surface area contributed by atoms with E-state index in [2.05, 4.69) is 0 Å². The molecule has 0 atom stereocenters. The van der Waals surface area contributed by atoms with E-state index in [0.29, 0.717) is 11.1 Å². The SMILES string of the molecule is C.C.C.C.C.C.O=C(O)c1ccccc1.O=C(O)c1ccccc1. The smallest absolute Gasteiger partial charge is 0.335 e. The molecule has 0 radical (unpaired) electrons. The molecule has 0 unspecified atom stereocenters. The van der Waals surface area contributed by atoms with Gasteiger partial charge in [0.1, 0.15) is 0 Å². The average Bonchev–Trinajstić information content (AvgIpc) is 2.41. The number of rotatable bonds is 2.